The number of hydrogen-bond acceptors (Lipinski definition) is 6. The Hall–Kier alpha value is -1.54. The van der Waals surface area contributed by atoms with Crippen molar-refractivity contribution in [3.05, 3.63) is 48.6 Å². The van der Waals surface area contributed by atoms with Crippen LogP contribution in [-0.4, -0.2) is 47.8 Å². The Morgan fingerprint density at radius 2 is 1.37 bits per heavy atom. The summed E-state index contributed by atoms with van der Waals surface area (Å²) in [5.41, 5.74) is 5.32. The number of allylic oxidation sites excluding steroid dienone is 7. The first-order valence-electron chi connectivity index (χ1n) is 15.8. The Morgan fingerprint density at radius 3 is 2.00 bits per heavy atom. The van der Waals surface area contributed by atoms with Crippen LogP contribution in [0.2, 0.25) is 0 Å². The molecule has 0 radical (unpaired) electrons. The molecule has 0 bridgehead atoms. The number of carbonyl (C=O) groups excluding carboxylic acids is 1. The molecule has 0 aliphatic heterocycles. The van der Waals surface area contributed by atoms with Gasteiger partial charge in [0, 0.05) is 13.0 Å². The molecule has 0 aromatic heterocycles. The highest BCUT2D eigenvalue weighted by molar-refractivity contribution is 7.47. The van der Waals surface area contributed by atoms with E-state index in [1.54, 1.807) is 6.08 Å². The minimum absolute atomic E-state index is 0.0685. The number of nitrogens with two attached hydrogens (primary N) is 1. The normalized spacial score (nSPS) is 15.3. The average Bonchev–Trinajstić information content (AvgIpc) is 2.95. The third-order valence-corrected chi connectivity index (χ3v) is 7.35. The van der Waals surface area contributed by atoms with Crippen molar-refractivity contribution in [3.63, 3.8) is 0 Å². The van der Waals surface area contributed by atoms with Crippen molar-refractivity contribution in [2.45, 2.75) is 129 Å². The van der Waals surface area contributed by atoms with Gasteiger partial charge in [0.05, 0.1) is 25.4 Å². The highest BCUT2D eigenvalue weighted by Gasteiger charge is 2.26. The lowest BCUT2D eigenvalue weighted by Gasteiger charge is -2.23. The van der Waals surface area contributed by atoms with E-state index in [0.717, 1.165) is 70.6 Å². The standard InChI is InChI=1S/C32H59N2O6P/c1-3-5-7-9-11-13-15-16-18-20-22-24-26-32(36)34-30(29-40-41(37,38)39-28-27-33)31(35)25-23-21-19-17-14-12-10-8-6-4-2/h6,8,11,13-14,17,23,25,30-31,35H,3-5,7,9-10,12,15-16,18-22,24,26-29,33H2,1-2H3,(H,34,36)(H,37,38)/b8-6+,13-11-,17-14+,25-23+. The smallest absolute Gasteiger partial charge is 0.387 e. The Kier molecular flexibility index (Phi) is 27.5. The zero-order chi connectivity index (χ0) is 30.4. The van der Waals surface area contributed by atoms with Crippen molar-refractivity contribution in [1.29, 1.82) is 0 Å². The lowest BCUT2D eigenvalue weighted by Crippen LogP contribution is -2.45. The van der Waals surface area contributed by atoms with Gasteiger partial charge in [-0.05, 0) is 64.2 Å². The van der Waals surface area contributed by atoms with Crippen LogP contribution in [0.3, 0.4) is 0 Å². The number of carbonyl (C=O) groups is 1. The van der Waals surface area contributed by atoms with Crippen molar-refractivity contribution in [1.82, 2.24) is 5.32 Å². The van der Waals surface area contributed by atoms with E-state index in [4.69, 9.17) is 14.8 Å². The van der Waals surface area contributed by atoms with E-state index in [0.29, 0.717) is 6.42 Å². The second-order valence-corrected chi connectivity index (χ2v) is 11.7. The minimum atomic E-state index is -4.34. The van der Waals surface area contributed by atoms with Crippen LogP contribution in [0.1, 0.15) is 117 Å². The molecule has 1 amide bonds. The van der Waals surface area contributed by atoms with E-state index >= 15 is 0 Å². The van der Waals surface area contributed by atoms with Gasteiger partial charge in [-0.1, -0.05) is 94.6 Å². The number of aliphatic hydroxyl groups is 1. The summed E-state index contributed by atoms with van der Waals surface area (Å²) in [5, 5.41) is 13.4. The number of hydrogen-bond donors (Lipinski definition) is 4. The average molecular weight is 599 g/mol. The third kappa shape index (κ3) is 27.1. The second-order valence-electron chi connectivity index (χ2n) is 10.3. The highest BCUT2D eigenvalue weighted by atomic mass is 31.2. The molecule has 3 atom stereocenters. The van der Waals surface area contributed by atoms with Gasteiger partial charge in [0.2, 0.25) is 5.91 Å². The molecule has 0 spiro atoms. The highest BCUT2D eigenvalue weighted by Crippen LogP contribution is 2.43. The van der Waals surface area contributed by atoms with Crippen LogP contribution >= 0.6 is 7.82 Å². The molecule has 5 N–H and O–H groups in total. The van der Waals surface area contributed by atoms with Gasteiger partial charge in [-0.15, -0.1) is 0 Å². The first-order valence-corrected chi connectivity index (χ1v) is 17.3. The van der Waals surface area contributed by atoms with Crippen LogP contribution in [0.25, 0.3) is 0 Å². The third-order valence-electron chi connectivity index (χ3n) is 6.37. The fourth-order valence-corrected chi connectivity index (χ4v) is 4.74. The lowest BCUT2D eigenvalue weighted by molar-refractivity contribution is -0.123. The van der Waals surface area contributed by atoms with E-state index in [2.05, 4.69) is 55.6 Å². The van der Waals surface area contributed by atoms with Crippen LogP contribution in [0, 0.1) is 0 Å². The van der Waals surface area contributed by atoms with E-state index in [1.165, 1.54) is 25.7 Å². The van der Waals surface area contributed by atoms with Crippen molar-refractivity contribution < 1.29 is 28.4 Å². The largest absolute Gasteiger partial charge is 0.472 e. The Bertz CT molecular complexity index is 784. The number of unbranched alkanes of at least 4 members (excludes halogenated alkanes) is 10. The summed E-state index contributed by atoms with van der Waals surface area (Å²) in [6.45, 7) is 3.90. The Morgan fingerprint density at radius 1 is 0.805 bits per heavy atom. The lowest BCUT2D eigenvalue weighted by atomic mass is 10.1. The van der Waals surface area contributed by atoms with Crippen LogP contribution in [0.4, 0.5) is 0 Å². The summed E-state index contributed by atoms with van der Waals surface area (Å²) in [6, 6.07) is -0.884. The van der Waals surface area contributed by atoms with Gasteiger partial charge in [0.1, 0.15) is 0 Å². The number of rotatable bonds is 28. The minimum Gasteiger partial charge on any atom is -0.387 e. The second kappa shape index (κ2) is 28.6. The zero-order valence-electron chi connectivity index (χ0n) is 25.8. The van der Waals surface area contributed by atoms with Gasteiger partial charge in [0.25, 0.3) is 0 Å². The molecule has 0 aromatic carbocycles. The molecule has 3 unspecified atom stereocenters. The van der Waals surface area contributed by atoms with Crippen LogP contribution in [0.15, 0.2) is 48.6 Å². The van der Waals surface area contributed by atoms with E-state index in [9.17, 15) is 19.4 Å². The molecule has 41 heavy (non-hydrogen) atoms. The first-order chi connectivity index (χ1) is 19.9. The quantitative estimate of drug-likeness (QED) is 0.0418. The molecule has 0 rings (SSSR count). The van der Waals surface area contributed by atoms with E-state index < -0.39 is 20.0 Å². The van der Waals surface area contributed by atoms with Gasteiger partial charge in [-0.2, -0.15) is 0 Å². The molecule has 0 heterocycles. The van der Waals surface area contributed by atoms with Gasteiger partial charge in [0.15, 0.2) is 0 Å². The van der Waals surface area contributed by atoms with Crippen LogP contribution in [-0.2, 0) is 18.4 Å². The molecule has 0 fully saturated rings. The number of phosphoric ester groups is 1. The molecule has 0 aliphatic rings. The predicted molar refractivity (Wildman–Crippen MR) is 171 cm³/mol. The van der Waals surface area contributed by atoms with E-state index in [1.807, 2.05) is 6.08 Å². The predicted octanol–water partition coefficient (Wildman–Crippen LogP) is 7.43. The SMILES string of the molecule is CC/C=C/CC/C=C/CC/C=C/C(O)C(COP(=O)(O)OCCN)NC(=O)CCCCCCC/C=C\CCCCC. The summed E-state index contributed by atoms with van der Waals surface area (Å²) in [7, 11) is -4.34. The molecular formula is C32H59N2O6P. The van der Waals surface area contributed by atoms with Gasteiger partial charge in [-0.3, -0.25) is 13.8 Å². The molecule has 8 nitrogen and oxygen atoms in total. The van der Waals surface area contributed by atoms with Crippen molar-refractivity contribution >= 4 is 13.7 Å². The van der Waals surface area contributed by atoms with Crippen molar-refractivity contribution in [2.75, 3.05) is 19.8 Å². The topological polar surface area (TPSA) is 131 Å². The van der Waals surface area contributed by atoms with Gasteiger partial charge >= 0.3 is 7.82 Å². The monoisotopic (exact) mass is 598 g/mol. The zero-order valence-corrected chi connectivity index (χ0v) is 26.7. The van der Waals surface area contributed by atoms with Crippen LogP contribution in [0.5, 0.6) is 0 Å². The fraction of sp³-hybridized carbons (Fsp3) is 0.719. The van der Waals surface area contributed by atoms with Gasteiger partial charge in [-0.25, -0.2) is 4.57 Å². The summed E-state index contributed by atoms with van der Waals surface area (Å²) in [5.74, 6) is -0.225. The summed E-state index contributed by atoms with van der Waals surface area (Å²) in [6.07, 6.45) is 31.7. The Balaban J connectivity index is 4.52. The molecule has 238 valence electrons. The number of amides is 1. The number of nitrogens with one attached hydrogen (secondary N) is 1. The number of aliphatic hydroxyl groups excluding tert-OH is 1. The number of phosphoric acid groups is 1. The molecule has 0 aliphatic carbocycles. The maximum atomic E-state index is 12.6. The van der Waals surface area contributed by atoms with Gasteiger partial charge < -0.3 is 21.1 Å². The first kappa shape index (κ1) is 39.5. The van der Waals surface area contributed by atoms with Crippen molar-refractivity contribution in [2.24, 2.45) is 5.73 Å². The maximum absolute atomic E-state index is 12.6. The molecular weight excluding hydrogens is 539 g/mol. The summed E-state index contributed by atoms with van der Waals surface area (Å²) in [4.78, 5) is 22.4. The maximum Gasteiger partial charge on any atom is 0.472 e. The molecule has 0 saturated heterocycles. The van der Waals surface area contributed by atoms with E-state index in [-0.39, 0.29) is 25.7 Å². The molecule has 0 saturated carbocycles. The molecule has 9 heteroatoms. The van der Waals surface area contributed by atoms with Crippen LogP contribution < -0.4 is 11.1 Å². The molecule has 0 aromatic rings. The van der Waals surface area contributed by atoms with Crippen molar-refractivity contribution in [3.8, 4) is 0 Å². The summed E-state index contributed by atoms with van der Waals surface area (Å²) < 4.78 is 21.9. The Labute approximate surface area is 250 Å². The summed E-state index contributed by atoms with van der Waals surface area (Å²) >= 11 is 0. The fourth-order valence-electron chi connectivity index (χ4n) is 3.99.